The van der Waals surface area contributed by atoms with Crippen LogP contribution >= 0.6 is 11.6 Å². The molecule has 0 saturated heterocycles. The van der Waals surface area contributed by atoms with Crippen molar-refractivity contribution in [1.82, 2.24) is 0 Å². The smallest absolute Gasteiger partial charge is 0.435 e. The lowest BCUT2D eigenvalue weighted by molar-refractivity contribution is -0.00545. The van der Waals surface area contributed by atoms with Crippen molar-refractivity contribution in [2.75, 3.05) is 0 Å². The summed E-state index contributed by atoms with van der Waals surface area (Å²) in [4.78, 5) is 2.97. The first-order valence-electron chi connectivity index (χ1n) is 3.25. The molecule has 0 atom stereocenters. The van der Waals surface area contributed by atoms with Crippen molar-refractivity contribution in [2.45, 2.75) is 0 Å². The minimum atomic E-state index is 0.201. The molecule has 12 heavy (non-hydrogen) atoms. The van der Waals surface area contributed by atoms with Gasteiger partial charge in [0.15, 0.2) is 0 Å². The highest BCUT2D eigenvalue weighted by Gasteiger charge is 2.24. The Labute approximate surface area is 73.1 Å². The number of azo groups is 1. The fourth-order valence-corrected chi connectivity index (χ4v) is 1.18. The van der Waals surface area contributed by atoms with Crippen LogP contribution < -0.4 is 0 Å². The van der Waals surface area contributed by atoms with Crippen LogP contribution in [0.2, 0.25) is 5.02 Å². The lowest BCUT2D eigenvalue weighted by atomic mass is 10.2. The van der Waals surface area contributed by atoms with Gasteiger partial charge in [0.05, 0.1) is 5.11 Å². The van der Waals surface area contributed by atoms with E-state index in [4.69, 9.17) is 17.1 Å². The molecule has 0 unspecified atom stereocenters. The zero-order chi connectivity index (χ0) is 8.55. The van der Waals surface area contributed by atoms with E-state index in [9.17, 15) is 0 Å². The highest BCUT2D eigenvalue weighted by molar-refractivity contribution is 6.31. The third kappa shape index (κ3) is 0.942. The lowest BCUT2D eigenvalue weighted by Crippen LogP contribution is -1.92. The van der Waals surface area contributed by atoms with Crippen molar-refractivity contribution >= 4 is 23.1 Å². The summed E-state index contributed by atoms with van der Waals surface area (Å²) < 4.78 is 0. The monoisotopic (exact) mass is 178 g/mol. The molecule has 4 nitrogen and oxygen atoms in total. The minimum Gasteiger partial charge on any atom is -0.497 e. The SMILES string of the molecule is [N-]=[N+]=C1N=Nc2ccc(Cl)cc21. The number of nitrogens with zero attached hydrogens (tertiary/aromatic N) is 4. The average Bonchev–Trinajstić information content (AvgIpc) is 2.46. The van der Waals surface area contributed by atoms with Crippen LogP contribution in [0.1, 0.15) is 5.56 Å². The zero-order valence-electron chi connectivity index (χ0n) is 5.90. The zero-order valence-corrected chi connectivity index (χ0v) is 6.65. The molecule has 58 valence electrons. The topological polar surface area (TPSA) is 61.1 Å². The number of halogens is 1. The maximum atomic E-state index is 8.49. The van der Waals surface area contributed by atoms with Gasteiger partial charge in [0.2, 0.25) is 0 Å². The van der Waals surface area contributed by atoms with Crippen LogP contribution in [0.25, 0.3) is 5.53 Å². The summed E-state index contributed by atoms with van der Waals surface area (Å²) in [7, 11) is 0. The second kappa shape index (κ2) is 2.52. The molecular formula is C7H3ClN4. The van der Waals surface area contributed by atoms with Gasteiger partial charge >= 0.3 is 5.84 Å². The highest BCUT2D eigenvalue weighted by atomic mass is 35.5. The maximum Gasteiger partial charge on any atom is 0.435 e. The van der Waals surface area contributed by atoms with Gasteiger partial charge in [-0.1, -0.05) is 11.6 Å². The van der Waals surface area contributed by atoms with Gasteiger partial charge < -0.3 is 10.3 Å². The molecule has 1 aromatic carbocycles. The van der Waals surface area contributed by atoms with Crippen LogP contribution in [-0.2, 0) is 0 Å². The van der Waals surface area contributed by atoms with E-state index in [0.29, 0.717) is 16.3 Å². The van der Waals surface area contributed by atoms with E-state index in [0.717, 1.165) is 0 Å². The Balaban J connectivity index is 2.70. The van der Waals surface area contributed by atoms with E-state index in [-0.39, 0.29) is 5.84 Å². The van der Waals surface area contributed by atoms with Crippen LogP contribution in [-0.4, -0.2) is 10.6 Å². The lowest BCUT2D eigenvalue weighted by Gasteiger charge is -1.89. The van der Waals surface area contributed by atoms with Crippen molar-refractivity contribution < 1.29 is 4.79 Å². The van der Waals surface area contributed by atoms with Gasteiger partial charge in [-0.2, -0.15) is 0 Å². The Kier molecular flexibility index (Phi) is 1.50. The number of amidine groups is 1. The van der Waals surface area contributed by atoms with Crippen molar-refractivity contribution in [3.8, 4) is 0 Å². The van der Waals surface area contributed by atoms with Crippen molar-refractivity contribution in [3.63, 3.8) is 0 Å². The van der Waals surface area contributed by atoms with E-state index in [1.807, 2.05) is 0 Å². The quantitative estimate of drug-likeness (QED) is 0.433. The van der Waals surface area contributed by atoms with Gasteiger partial charge in [-0.15, -0.1) is 0 Å². The number of benzene rings is 1. The normalized spacial score (nSPS) is 12.9. The molecule has 2 rings (SSSR count). The third-order valence-corrected chi connectivity index (χ3v) is 1.78. The molecule has 0 aliphatic carbocycles. The molecule has 0 fully saturated rings. The fraction of sp³-hybridized carbons (Fsp3) is 0. The van der Waals surface area contributed by atoms with Gasteiger partial charge in [0, 0.05) is 5.02 Å². The van der Waals surface area contributed by atoms with E-state index in [1.165, 1.54) is 0 Å². The van der Waals surface area contributed by atoms with E-state index in [1.54, 1.807) is 18.2 Å². The first-order valence-corrected chi connectivity index (χ1v) is 3.63. The van der Waals surface area contributed by atoms with Crippen LogP contribution in [0.15, 0.2) is 28.4 Å². The molecule has 1 aromatic rings. The molecule has 0 spiro atoms. The van der Waals surface area contributed by atoms with Crippen LogP contribution in [0.5, 0.6) is 0 Å². The van der Waals surface area contributed by atoms with E-state index >= 15 is 0 Å². The van der Waals surface area contributed by atoms with Gasteiger partial charge in [-0.3, -0.25) is 0 Å². The Hall–Kier alpha value is -1.51. The second-order valence-electron chi connectivity index (χ2n) is 2.29. The molecule has 1 heterocycles. The summed E-state index contributed by atoms with van der Waals surface area (Å²) >= 11 is 5.73. The Bertz CT molecular complexity index is 417. The van der Waals surface area contributed by atoms with Gasteiger partial charge in [0.25, 0.3) is 0 Å². The summed E-state index contributed by atoms with van der Waals surface area (Å²) in [5.74, 6) is 0.201. The molecule has 0 saturated carbocycles. The molecule has 0 bridgehead atoms. The van der Waals surface area contributed by atoms with Crippen molar-refractivity contribution in [2.24, 2.45) is 10.2 Å². The molecule has 0 N–H and O–H groups in total. The predicted molar refractivity (Wildman–Crippen MR) is 43.7 cm³/mol. The van der Waals surface area contributed by atoms with Crippen molar-refractivity contribution in [3.05, 3.63) is 34.3 Å². The summed E-state index contributed by atoms with van der Waals surface area (Å²) in [5, 5.41) is 7.97. The van der Waals surface area contributed by atoms with Crippen LogP contribution in [0, 0.1) is 0 Å². The van der Waals surface area contributed by atoms with Crippen LogP contribution in [0.4, 0.5) is 5.69 Å². The van der Waals surface area contributed by atoms with Crippen LogP contribution in [0.3, 0.4) is 0 Å². The Morgan fingerprint density at radius 2 is 2.17 bits per heavy atom. The fourth-order valence-electron chi connectivity index (χ4n) is 1.00. The number of hydrogen-bond acceptors (Lipinski definition) is 1. The van der Waals surface area contributed by atoms with Gasteiger partial charge in [-0.25, -0.2) is 0 Å². The number of hydrogen-bond donors (Lipinski definition) is 0. The highest BCUT2D eigenvalue weighted by Crippen LogP contribution is 2.28. The van der Waals surface area contributed by atoms with Gasteiger partial charge in [-0.05, 0) is 23.3 Å². The first-order chi connectivity index (χ1) is 5.81. The average molecular weight is 179 g/mol. The molecule has 0 amide bonds. The largest absolute Gasteiger partial charge is 0.497 e. The summed E-state index contributed by atoms with van der Waals surface area (Å²) in [5.41, 5.74) is 9.83. The minimum absolute atomic E-state index is 0.201. The molecule has 0 radical (unpaired) electrons. The maximum absolute atomic E-state index is 8.49. The molecule has 1 aliphatic heterocycles. The van der Waals surface area contributed by atoms with E-state index in [2.05, 4.69) is 15.0 Å². The second-order valence-corrected chi connectivity index (χ2v) is 2.72. The Morgan fingerprint density at radius 1 is 1.33 bits per heavy atom. The summed E-state index contributed by atoms with van der Waals surface area (Å²) in [6.07, 6.45) is 0. The Morgan fingerprint density at radius 3 is 2.92 bits per heavy atom. The first kappa shape index (κ1) is 7.16. The van der Waals surface area contributed by atoms with E-state index < -0.39 is 0 Å². The summed E-state index contributed by atoms with van der Waals surface area (Å²) in [6.45, 7) is 0. The molecular weight excluding hydrogens is 176 g/mol. The third-order valence-electron chi connectivity index (χ3n) is 1.55. The number of fused-ring (bicyclic) bond motifs is 1. The molecule has 1 aliphatic rings. The molecule has 5 heteroatoms. The van der Waals surface area contributed by atoms with Gasteiger partial charge in [0.1, 0.15) is 11.3 Å². The molecule has 0 aromatic heterocycles. The number of rotatable bonds is 0. The van der Waals surface area contributed by atoms with Crippen molar-refractivity contribution in [1.29, 1.82) is 0 Å². The predicted octanol–water partition coefficient (Wildman–Crippen LogP) is 2.41. The standard InChI is InChI=1S/C7H3ClN4/c8-4-1-2-6-5(3-4)7(10-9)12-11-6/h1-3H. The summed E-state index contributed by atoms with van der Waals surface area (Å²) in [6, 6.07) is 5.09.